The highest BCUT2D eigenvalue weighted by Gasteiger charge is 2.26. The maximum Gasteiger partial charge on any atom is 0.261 e. The van der Waals surface area contributed by atoms with E-state index >= 15 is 0 Å². The molecule has 2 N–H and O–H groups in total. The van der Waals surface area contributed by atoms with Crippen molar-refractivity contribution in [2.75, 3.05) is 23.1 Å². The van der Waals surface area contributed by atoms with Gasteiger partial charge >= 0.3 is 0 Å². The quantitative estimate of drug-likeness (QED) is 0.563. The van der Waals surface area contributed by atoms with Crippen LogP contribution in [0.4, 0.5) is 11.4 Å². The minimum absolute atomic E-state index is 0.0363. The van der Waals surface area contributed by atoms with Gasteiger partial charge in [0.15, 0.2) is 0 Å². The van der Waals surface area contributed by atoms with E-state index in [2.05, 4.69) is 27.1 Å². The summed E-state index contributed by atoms with van der Waals surface area (Å²) in [6.45, 7) is 2.53. The SMILES string of the molecule is O=C(Nc1cccc(NS(=O)(=O)c2ccccc2)c1)C1CCCN(Cc2ccccc2)C1. The van der Waals surface area contributed by atoms with Gasteiger partial charge in [0.05, 0.1) is 16.5 Å². The number of nitrogens with zero attached hydrogens (tertiary/aromatic N) is 1. The summed E-state index contributed by atoms with van der Waals surface area (Å²) in [7, 11) is -3.69. The molecule has 166 valence electrons. The second kappa shape index (κ2) is 9.97. The molecule has 0 radical (unpaired) electrons. The summed E-state index contributed by atoms with van der Waals surface area (Å²) in [5.74, 6) is -0.136. The van der Waals surface area contributed by atoms with Gasteiger partial charge < -0.3 is 5.32 Å². The average Bonchev–Trinajstić information content (AvgIpc) is 2.80. The summed E-state index contributed by atoms with van der Waals surface area (Å²) in [5, 5.41) is 2.96. The number of sulfonamides is 1. The van der Waals surface area contributed by atoms with Crippen LogP contribution in [-0.4, -0.2) is 32.3 Å². The third-order valence-corrected chi connectivity index (χ3v) is 6.96. The Labute approximate surface area is 189 Å². The fraction of sp³-hybridized carbons (Fsp3) is 0.240. The Morgan fingerprint density at radius 2 is 1.59 bits per heavy atom. The minimum atomic E-state index is -3.69. The molecule has 32 heavy (non-hydrogen) atoms. The predicted octanol–water partition coefficient (Wildman–Crippen LogP) is 4.34. The van der Waals surface area contributed by atoms with Crippen LogP contribution in [0.3, 0.4) is 0 Å². The Hall–Kier alpha value is -3.16. The van der Waals surface area contributed by atoms with Gasteiger partial charge in [0.1, 0.15) is 0 Å². The molecule has 0 aromatic heterocycles. The Bertz CT molecular complexity index is 1150. The first-order chi connectivity index (χ1) is 15.5. The number of carbonyl (C=O) groups is 1. The highest BCUT2D eigenvalue weighted by atomic mass is 32.2. The zero-order chi connectivity index (χ0) is 22.4. The smallest absolute Gasteiger partial charge is 0.261 e. The molecule has 7 heteroatoms. The number of likely N-dealkylation sites (tertiary alicyclic amines) is 1. The molecule has 1 saturated heterocycles. The number of benzene rings is 3. The first-order valence-corrected chi connectivity index (χ1v) is 12.2. The molecule has 0 saturated carbocycles. The number of hydrogen-bond acceptors (Lipinski definition) is 4. The number of carbonyl (C=O) groups excluding carboxylic acids is 1. The molecule has 1 fully saturated rings. The topological polar surface area (TPSA) is 78.5 Å². The molecule has 3 aromatic rings. The lowest BCUT2D eigenvalue weighted by atomic mass is 9.96. The monoisotopic (exact) mass is 449 g/mol. The number of hydrogen-bond donors (Lipinski definition) is 2. The van der Waals surface area contributed by atoms with Crippen LogP contribution in [0.2, 0.25) is 0 Å². The normalized spacial score (nSPS) is 16.9. The molecule has 1 aliphatic rings. The largest absolute Gasteiger partial charge is 0.326 e. The van der Waals surface area contributed by atoms with Gasteiger partial charge in [-0.05, 0) is 55.3 Å². The molecule has 0 spiro atoms. The van der Waals surface area contributed by atoms with Crippen LogP contribution < -0.4 is 10.0 Å². The second-order valence-electron chi connectivity index (χ2n) is 8.05. The van der Waals surface area contributed by atoms with Crippen molar-refractivity contribution in [1.29, 1.82) is 0 Å². The average molecular weight is 450 g/mol. The maximum absolute atomic E-state index is 12.9. The Kier molecular flexibility index (Phi) is 6.87. The van der Waals surface area contributed by atoms with Crippen LogP contribution in [0.5, 0.6) is 0 Å². The highest BCUT2D eigenvalue weighted by molar-refractivity contribution is 7.92. The highest BCUT2D eigenvalue weighted by Crippen LogP contribution is 2.23. The third-order valence-electron chi connectivity index (χ3n) is 5.56. The van der Waals surface area contributed by atoms with Crippen LogP contribution in [0.1, 0.15) is 18.4 Å². The zero-order valence-electron chi connectivity index (χ0n) is 17.8. The van der Waals surface area contributed by atoms with E-state index in [9.17, 15) is 13.2 Å². The molecule has 6 nitrogen and oxygen atoms in total. The number of amides is 1. The molecular formula is C25H27N3O3S. The lowest BCUT2D eigenvalue weighted by Gasteiger charge is -2.32. The van der Waals surface area contributed by atoms with E-state index in [1.807, 2.05) is 18.2 Å². The van der Waals surface area contributed by atoms with Crippen LogP contribution >= 0.6 is 0 Å². The van der Waals surface area contributed by atoms with Crippen molar-refractivity contribution in [3.05, 3.63) is 90.5 Å². The summed E-state index contributed by atoms with van der Waals surface area (Å²) in [6, 6.07) is 25.3. The number of nitrogens with one attached hydrogen (secondary N) is 2. The van der Waals surface area contributed by atoms with Crippen LogP contribution in [0.15, 0.2) is 89.8 Å². The van der Waals surface area contributed by atoms with E-state index in [-0.39, 0.29) is 16.7 Å². The van der Waals surface area contributed by atoms with Crippen molar-refractivity contribution in [2.24, 2.45) is 5.92 Å². The maximum atomic E-state index is 12.9. The molecule has 1 amide bonds. The second-order valence-corrected chi connectivity index (χ2v) is 9.73. The molecular weight excluding hydrogens is 422 g/mol. The molecule has 4 rings (SSSR count). The van der Waals surface area contributed by atoms with Crippen LogP contribution in [-0.2, 0) is 21.4 Å². The van der Waals surface area contributed by atoms with Crippen molar-refractivity contribution < 1.29 is 13.2 Å². The van der Waals surface area contributed by atoms with Gasteiger partial charge in [-0.2, -0.15) is 0 Å². The van der Waals surface area contributed by atoms with Crippen molar-refractivity contribution >= 4 is 27.3 Å². The van der Waals surface area contributed by atoms with Gasteiger partial charge in [0.25, 0.3) is 10.0 Å². The van der Waals surface area contributed by atoms with Crippen molar-refractivity contribution in [3.8, 4) is 0 Å². The van der Waals surface area contributed by atoms with Crippen LogP contribution in [0, 0.1) is 5.92 Å². The summed E-state index contributed by atoms with van der Waals surface area (Å²) >= 11 is 0. The van der Waals surface area contributed by atoms with E-state index in [1.54, 1.807) is 42.5 Å². The van der Waals surface area contributed by atoms with Gasteiger partial charge in [-0.1, -0.05) is 54.6 Å². The number of rotatable bonds is 7. The van der Waals surface area contributed by atoms with Crippen LogP contribution in [0.25, 0.3) is 0 Å². The van der Waals surface area contributed by atoms with Gasteiger partial charge in [-0.25, -0.2) is 8.42 Å². The lowest BCUT2D eigenvalue weighted by molar-refractivity contribution is -0.121. The van der Waals surface area contributed by atoms with Crippen molar-refractivity contribution in [3.63, 3.8) is 0 Å². The van der Waals surface area contributed by atoms with E-state index in [4.69, 9.17) is 0 Å². The minimum Gasteiger partial charge on any atom is -0.326 e. The standard InChI is InChI=1S/C25H27N3O3S/c29-25(21-11-8-16-28(19-21)18-20-9-3-1-4-10-20)26-22-12-7-13-23(17-22)27-32(30,31)24-14-5-2-6-15-24/h1-7,9-10,12-15,17,21,27H,8,11,16,18-19H2,(H,26,29). The molecule has 0 bridgehead atoms. The molecule has 1 heterocycles. The fourth-order valence-corrected chi connectivity index (χ4v) is 5.04. The van der Waals surface area contributed by atoms with Gasteiger partial charge in [-0.3, -0.25) is 14.4 Å². The molecule has 1 atom stereocenters. The Balaban J connectivity index is 1.38. The number of anilines is 2. The van der Waals surface area contributed by atoms with E-state index in [1.165, 1.54) is 17.7 Å². The third kappa shape index (κ3) is 5.75. The van der Waals surface area contributed by atoms with E-state index in [0.29, 0.717) is 17.9 Å². The van der Waals surface area contributed by atoms with E-state index in [0.717, 1.165) is 25.9 Å². The number of piperidine rings is 1. The molecule has 1 unspecified atom stereocenters. The van der Waals surface area contributed by atoms with Crippen molar-refractivity contribution in [1.82, 2.24) is 4.90 Å². The summed E-state index contributed by atoms with van der Waals surface area (Å²) in [6.07, 6.45) is 1.82. The molecule has 0 aliphatic carbocycles. The zero-order valence-corrected chi connectivity index (χ0v) is 18.6. The Morgan fingerprint density at radius 3 is 2.34 bits per heavy atom. The Morgan fingerprint density at radius 1 is 0.906 bits per heavy atom. The van der Waals surface area contributed by atoms with Gasteiger partial charge in [0, 0.05) is 18.8 Å². The molecule has 3 aromatic carbocycles. The van der Waals surface area contributed by atoms with Gasteiger partial charge in [0.2, 0.25) is 5.91 Å². The summed E-state index contributed by atoms with van der Waals surface area (Å²) in [4.78, 5) is 15.4. The first kappa shape index (κ1) is 22.0. The van der Waals surface area contributed by atoms with E-state index < -0.39 is 10.0 Å². The molecule has 1 aliphatic heterocycles. The lowest BCUT2D eigenvalue weighted by Crippen LogP contribution is -2.40. The predicted molar refractivity (Wildman–Crippen MR) is 127 cm³/mol. The first-order valence-electron chi connectivity index (χ1n) is 10.7. The van der Waals surface area contributed by atoms with Crippen molar-refractivity contribution in [2.45, 2.75) is 24.3 Å². The van der Waals surface area contributed by atoms with Gasteiger partial charge in [-0.15, -0.1) is 0 Å². The fourth-order valence-electron chi connectivity index (χ4n) is 3.97. The summed E-state index contributed by atoms with van der Waals surface area (Å²) < 4.78 is 27.7. The summed E-state index contributed by atoms with van der Waals surface area (Å²) in [5.41, 5.74) is 2.22.